The van der Waals surface area contributed by atoms with E-state index in [2.05, 4.69) is 43.3 Å². The van der Waals surface area contributed by atoms with Crippen molar-refractivity contribution in [2.24, 2.45) is 10.8 Å². The molecule has 0 bridgehead atoms. The van der Waals surface area contributed by atoms with Gasteiger partial charge >= 0.3 is 0 Å². The molecule has 2 aliphatic carbocycles. The third-order valence-electron chi connectivity index (χ3n) is 5.06. The first-order valence-corrected chi connectivity index (χ1v) is 7.71. The smallest absolute Gasteiger partial charge is 0.151 e. The fraction of sp³-hybridized carbons (Fsp3) is 0.667. The summed E-state index contributed by atoms with van der Waals surface area (Å²) in [7, 11) is 0. The summed E-state index contributed by atoms with van der Waals surface area (Å²) < 4.78 is 0. The number of carbonyl (C=O) groups is 1. The lowest BCUT2D eigenvalue weighted by molar-refractivity contribution is -0.124. The number of hydrogen-bond donors (Lipinski definition) is 0. The van der Waals surface area contributed by atoms with Crippen molar-refractivity contribution in [3.05, 3.63) is 22.8 Å². The highest BCUT2D eigenvalue weighted by Gasteiger charge is 2.56. The summed E-state index contributed by atoms with van der Waals surface area (Å²) in [5, 5.41) is 0.963. The zero-order chi connectivity index (χ0) is 13.7. The van der Waals surface area contributed by atoms with Gasteiger partial charge in [0.1, 0.15) is 0 Å². The van der Waals surface area contributed by atoms with E-state index in [1.165, 1.54) is 5.57 Å². The van der Waals surface area contributed by atoms with Gasteiger partial charge in [-0.3, -0.25) is 4.79 Å². The number of hydrogen-bond acceptors (Lipinski definition) is 1. The molecular formula is C15H20BrClO. The number of allylic oxidation sites excluding steroid dienone is 3. The van der Waals surface area contributed by atoms with Gasteiger partial charge in [-0.15, -0.1) is 0 Å². The molecule has 0 aromatic carbocycles. The van der Waals surface area contributed by atoms with E-state index >= 15 is 0 Å². The number of alkyl halides is 1. The topological polar surface area (TPSA) is 17.1 Å². The van der Waals surface area contributed by atoms with E-state index in [4.69, 9.17) is 11.6 Å². The average molecular weight is 332 g/mol. The second-order valence-electron chi connectivity index (χ2n) is 6.27. The van der Waals surface area contributed by atoms with E-state index < -0.39 is 0 Å². The molecular weight excluding hydrogens is 312 g/mol. The van der Waals surface area contributed by atoms with E-state index in [1.807, 2.05) is 0 Å². The molecule has 0 radical (unpaired) electrons. The fourth-order valence-corrected chi connectivity index (χ4v) is 4.38. The second-order valence-corrected chi connectivity index (χ2v) is 7.65. The Morgan fingerprint density at radius 2 is 2.06 bits per heavy atom. The molecule has 0 unspecified atom stereocenters. The summed E-state index contributed by atoms with van der Waals surface area (Å²) in [6, 6.07) is 0. The van der Waals surface area contributed by atoms with Crippen molar-refractivity contribution in [3.8, 4) is 0 Å². The van der Waals surface area contributed by atoms with Crippen molar-refractivity contribution in [1.29, 1.82) is 0 Å². The molecule has 0 saturated heterocycles. The molecule has 1 saturated carbocycles. The fourth-order valence-electron chi connectivity index (χ4n) is 3.46. The minimum absolute atomic E-state index is 0.0360. The lowest BCUT2D eigenvalue weighted by Crippen LogP contribution is -2.53. The summed E-state index contributed by atoms with van der Waals surface area (Å²) in [5.41, 5.74) is 2.18. The molecule has 0 aromatic heterocycles. The number of Topliss-reactive ketones (excluding diaryl/α,β-unsaturated/α-hetero) is 1. The van der Waals surface area contributed by atoms with Crippen LogP contribution >= 0.6 is 27.5 Å². The summed E-state index contributed by atoms with van der Waals surface area (Å²) in [4.78, 5) is 11.9. The Bertz CT molecular complexity index is 449. The van der Waals surface area contributed by atoms with Crippen molar-refractivity contribution >= 4 is 33.3 Å². The van der Waals surface area contributed by atoms with Crippen molar-refractivity contribution in [2.45, 2.75) is 51.3 Å². The van der Waals surface area contributed by atoms with E-state index in [-0.39, 0.29) is 21.4 Å². The van der Waals surface area contributed by atoms with E-state index in [1.54, 1.807) is 0 Å². The molecule has 0 heterocycles. The highest BCUT2D eigenvalue weighted by atomic mass is 79.9. The zero-order valence-corrected chi connectivity index (χ0v) is 13.6. The minimum atomic E-state index is -0.139. The van der Waals surface area contributed by atoms with Gasteiger partial charge in [0.05, 0.1) is 4.83 Å². The Hall–Kier alpha value is -0.0800. The van der Waals surface area contributed by atoms with Crippen LogP contribution in [0.2, 0.25) is 0 Å². The molecule has 100 valence electrons. The Morgan fingerprint density at radius 3 is 2.61 bits per heavy atom. The summed E-state index contributed by atoms with van der Waals surface area (Å²) in [6.07, 6.45) is 3.38. The molecule has 3 heteroatoms. The molecule has 1 nitrogen and oxygen atoms in total. The molecule has 0 amide bonds. The lowest BCUT2D eigenvalue weighted by atomic mass is 9.51. The molecule has 2 rings (SSSR count). The summed E-state index contributed by atoms with van der Waals surface area (Å²) in [6.45, 7) is 10.6. The maximum absolute atomic E-state index is 12.0. The molecule has 0 aliphatic heterocycles. The van der Waals surface area contributed by atoms with E-state index in [0.29, 0.717) is 6.42 Å². The molecule has 2 aliphatic rings. The monoisotopic (exact) mass is 330 g/mol. The van der Waals surface area contributed by atoms with Crippen LogP contribution in [0.3, 0.4) is 0 Å². The highest BCUT2D eigenvalue weighted by molar-refractivity contribution is 9.10. The first-order valence-electron chi connectivity index (χ1n) is 6.41. The Labute approximate surface area is 123 Å². The molecule has 0 N–H and O–H groups in total. The Kier molecular flexibility index (Phi) is 3.57. The molecule has 1 spiro atoms. The maximum atomic E-state index is 12.0. The van der Waals surface area contributed by atoms with Gasteiger partial charge in [0.15, 0.2) is 5.78 Å². The summed E-state index contributed by atoms with van der Waals surface area (Å²) in [5.74, 6) is 0.248. The predicted octanol–water partition coefficient (Wildman–Crippen LogP) is 4.99. The van der Waals surface area contributed by atoms with Crippen LogP contribution in [0.1, 0.15) is 46.5 Å². The molecule has 1 fully saturated rings. The standard InChI is InChI=1S/C15H20BrClO/c1-9-5-6-15(8-11(9)17)10(2)7-12(18)13(16)14(15,3)4/h13H,2,5-8H2,1,3-4H3/t13-,15+/m0/s1. The van der Waals surface area contributed by atoms with Crippen LogP contribution in [0.4, 0.5) is 0 Å². The second kappa shape index (κ2) is 4.49. The molecule has 0 aromatic rings. The predicted molar refractivity (Wildman–Crippen MR) is 80.1 cm³/mol. The molecule has 18 heavy (non-hydrogen) atoms. The van der Waals surface area contributed by atoms with Gasteiger partial charge in [-0.05, 0) is 31.6 Å². The van der Waals surface area contributed by atoms with E-state index in [0.717, 1.165) is 29.9 Å². The summed E-state index contributed by atoms with van der Waals surface area (Å²) >= 11 is 10.0. The number of ketones is 1. The van der Waals surface area contributed by atoms with Crippen LogP contribution < -0.4 is 0 Å². The van der Waals surface area contributed by atoms with Crippen LogP contribution in [-0.2, 0) is 4.79 Å². The van der Waals surface area contributed by atoms with Gasteiger partial charge in [0.25, 0.3) is 0 Å². The van der Waals surface area contributed by atoms with Crippen LogP contribution in [-0.4, -0.2) is 10.6 Å². The normalized spacial score (nSPS) is 36.4. The zero-order valence-electron chi connectivity index (χ0n) is 11.3. The van der Waals surface area contributed by atoms with Crippen molar-refractivity contribution < 1.29 is 4.79 Å². The average Bonchev–Trinajstić information content (AvgIpc) is 2.29. The maximum Gasteiger partial charge on any atom is 0.151 e. The van der Waals surface area contributed by atoms with Gasteiger partial charge in [0.2, 0.25) is 0 Å². The van der Waals surface area contributed by atoms with Crippen molar-refractivity contribution in [3.63, 3.8) is 0 Å². The van der Waals surface area contributed by atoms with Crippen LogP contribution in [0, 0.1) is 10.8 Å². The quantitative estimate of drug-likeness (QED) is 0.451. The van der Waals surface area contributed by atoms with Crippen LogP contribution in [0.5, 0.6) is 0 Å². The Balaban J connectivity index is 2.48. The minimum Gasteiger partial charge on any atom is -0.298 e. The van der Waals surface area contributed by atoms with Gasteiger partial charge in [-0.1, -0.05) is 59.1 Å². The van der Waals surface area contributed by atoms with Crippen LogP contribution in [0.25, 0.3) is 0 Å². The SMILES string of the molecule is C=C1CC(=O)[C@H](Br)C(C)(C)[C@@]12CCC(C)=C(Cl)C2. The number of halogens is 2. The Morgan fingerprint density at radius 1 is 1.44 bits per heavy atom. The van der Waals surface area contributed by atoms with Gasteiger partial charge < -0.3 is 0 Å². The third kappa shape index (κ3) is 1.84. The van der Waals surface area contributed by atoms with E-state index in [9.17, 15) is 4.79 Å². The first-order chi connectivity index (χ1) is 8.22. The van der Waals surface area contributed by atoms with Gasteiger partial charge in [0, 0.05) is 16.9 Å². The lowest BCUT2D eigenvalue weighted by Gasteiger charge is -2.55. The van der Waals surface area contributed by atoms with Crippen LogP contribution in [0.15, 0.2) is 22.8 Å². The van der Waals surface area contributed by atoms with Gasteiger partial charge in [-0.25, -0.2) is 0 Å². The highest BCUT2D eigenvalue weighted by Crippen LogP contribution is 2.61. The first kappa shape index (κ1) is 14.3. The largest absolute Gasteiger partial charge is 0.298 e. The number of carbonyl (C=O) groups excluding carboxylic acids is 1. The molecule has 2 atom stereocenters. The van der Waals surface area contributed by atoms with Gasteiger partial charge in [-0.2, -0.15) is 0 Å². The number of rotatable bonds is 0. The third-order valence-corrected chi connectivity index (χ3v) is 7.17. The van der Waals surface area contributed by atoms with Crippen molar-refractivity contribution in [1.82, 2.24) is 0 Å². The van der Waals surface area contributed by atoms with Crippen molar-refractivity contribution in [2.75, 3.05) is 0 Å².